The van der Waals surface area contributed by atoms with Gasteiger partial charge >= 0.3 is 0 Å². The molecule has 3 N–H and O–H groups in total. The number of aromatic nitrogens is 2. The van der Waals surface area contributed by atoms with Crippen molar-refractivity contribution in [3.63, 3.8) is 0 Å². The summed E-state index contributed by atoms with van der Waals surface area (Å²) in [6.45, 7) is 3.76. The Bertz CT molecular complexity index is 466. The molecule has 1 aliphatic heterocycles. The summed E-state index contributed by atoms with van der Waals surface area (Å²) in [5.74, 6) is 0.381. The number of anilines is 1. The molecule has 0 aromatic carbocycles. The van der Waals surface area contributed by atoms with Crippen molar-refractivity contribution in [2.45, 2.75) is 32.6 Å². The highest BCUT2D eigenvalue weighted by Gasteiger charge is 2.38. The van der Waals surface area contributed by atoms with Crippen molar-refractivity contribution in [3.8, 4) is 0 Å². The highest BCUT2D eigenvalue weighted by Crippen LogP contribution is 2.32. The Morgan fingerprint density at radius 1 is 1.53 bits per heavy atom. The van der Waals surface area contributed by atoms with Gasteiger partial charge in [0.15, 0.2) is 5.82 Å². The molecule has 0 radical (unpaired) electrons. The minimum atomic E-state index is -0.356. The summed E-state index contributed by atoms with van der Waals surface area (Å²) >= 11 is 0. The summed E-state index contributed by atoms with van der Waals surface area (Å²) in [4.78, 5) is 23.4. The first-order valence-electron chi connectivity index (χ1n) is 6.74. The molecule has 0 bridgehead atoms. The molecule has 1 unspecified atom stereocenters. The van der Waals surface area contributed by atoms with Crippen LogP contribution < -0.4 is 16.2 Å². The molecule has 1 aliphatic rings. The molecule has 6 heteroatoms. The van der Waals surface area contributed by atoms with Crippen LogP contribution in [-0.2, 0) is 4.79 Å². The van der Waals surface area contributed by atoms with Crippen LogP contribution >= 0.6 is 0 Å². The van der Waals surface area contributed by atoms with Crippen LogP contribution in [0.3, 0.4) is 0 Å². The average molecular weight is 264 g/mol. The molecule has 1 aromatic heterocycles. The van der Waals surface area contributed by atoms with Gasteiger partial charge in [-0.15, -0.1) is 0 Å². The van der Waals surface area contributed by atoms with E-state index in [1.54, 1.807) is 0 Å². The molecule has 0 spiro atoms. The maximum atomic E-state index is 12.5. The Hall–Kier alpha value is -1.69. The lowest BCUT2D eigenvalue weighted by atomic mass is 9.76. The minimum absolute atomic E-state index is 0.0129. The zero-order valence-corrected chi connectivity index (χ0v) is 11.2. The van der Waals surface area contributed by atoms with Crippen molar-refractivity contribution in [1.82, 2.24) is 15.5 Å². The Kier molecular flexibility index (Phi) is 4.31. The predicted octanol–water partition coefficient (Wildman–Crippen LogP) is 0.878. The Morgan fingerprint density at radius 3 is 2.95 bits per heavy atom. The lowest BCUT2D eigenvalue weighted by Gasteiger charge is -2.36. The first kappa shape index (κ1) is 13.7. The smallest absolute Gasteiger partial charge is 0.264 e. The van der Waals surface area contributed by atoms with Gasteiger partial charge in [-0.05, 0) is 31.9 Å². The number of hydrogen-bond acceptors (Lipinski definition) is 4. The van der Waals surface area contributed by atoms with E-state index >= 15 is 0 Å². The van der Waals surface area contributed by atoms with Crippen LogP contribution in [0, 0.1) is 5.41 Å². The summed E-state index contributed by atoms with van der Waals surface area (Å²) in [5.41, 5.74) is -0.634. The first-order valence-corrected chi connectivity index (χ1v) is 6.74. The monoisotopic (exact) mass is 264 g/mol. The maximum Gasteiger partial charge on any atom is 0.264 e. The zero-order chi connectivity index (χ0) is 13.7. The van der Waals surface area contributed by atoms with Crippen molar-refractivity contribution in [2.24, 2.45) is 5.41 Å². The average Bonchev–Trinajstić information content (AvgIpc) is 2.43. The number of carbonyl (C=O) groups is 1. The van der Waals surface area contributed by atoms with E-state index in [2.05, 4.69) is 27.8 Å². The van der Waals surface area contributed by atoms with Gasteiger partial charge in [0, 0.05) is 12.6 Å². The molecule has 1 aromatic rings. The third-order valence-corrected chi connectivity index (χ3v) is 3.60. The summed E-state index contributed by atoms with van der Waals surface area (Å²) in [6, 6.07) is 2.88. The highest BCUT2D eigenvalue weighted by molar-refractivity contribution is 5.94. The van der Waals surface area contributed by atoms with Gasteiger partial charge in [-0.3, -0.25) is 9.59 Å². The summed E-state index contributed by atoms with van der Waals surface area (Å²) in [5, 5.41) is 12.2. The number of carbonyl (C=O) groups excluding carboxylic acids is 1. The lowest BCUT2D eigenvalue weighted by Crippen LogP contribution is -2.48. The predicted molar refractivity (Wildman–Crippen MR) is 72.9 cm³/mol. The lowest BCUT2D eigenvalue weighted by molar-refractivity contribution is -0.127. The number of rotatable bonds is 4. The van der Waals surface area contributed by atoms with Gasteiger partial charge in [0.25, 0.3) is 5.56 Å². The van der Waals surface area contributed by atoms with Crippen LogP contribution in [0.2, 0.25) is 0 Å². The van der Waals surface area contributed by atoms with Crippen molar-refractivity contribution in [2.75, 3.05) is 18.4 Å². The van der Waals surface area contributed by atoms with Gasteiger partial charge in [0.05, 0.1) is 5.41 Å². The second-order valence-corrected chi connectivity index (χ2v) is 5.07. The van der Waals surface area contributed by atoms with Crippen LogP contribution in [-0.4, -0.2) is 29.2 Å². The van der Waals surface area contributed by atoms with E-state index < -0.39 is 0 Å². The SMILES string of the molecule is CCCC1(C(=O)Nc2ccc(=O)[nH]n2)CCCNC1. The normalized spacial score (nSPS) is 23.0. The summed E-state index contributed by atoms with van der Waals surface area (Å²) in [6.07, 6.45) is 3.72. The number of hydrogen-bond donors (Lipinski definition) is 3. The summed E-state index contributed by atoms with van der Waals surface area (Å²) < 4.78 is 0. The van der Waals surface area contributed by atoms with Crippen LogP contribution in [0.15, 0.2) is 16.9 Å². The third-order valence-electron chi connectivity index (χ3n) is 3.60. The van der Waals surface area contributed by atoms with Crippen molar-refractivity contribution in [1.29, 1.82) is 0 Å². The van der Waals surface area contributed by atoms with E-state index in [9.17, 15) is 9.59 Å². The standard InChI is InChI=1S/C13H20N4O2/c1-2-6-13(7-3-8-14-9-13)12(19)15-10-4-5-11(18)17-16-10/h4-5,14H,2-3,6-9H2,1H3,(H,17,18)(H,15,16,19). The van der Waals surface area contributed by atoms with E-state index in [1.807, 2.05) is 0 Å². The molecule has 1 amide bonds. The van der Waals surface area contributed by atoms with Gasteiger partial charge in [-0.1, -0.05) is 13.3 Å². The molecule has 2 rings (SSSR count). The first-order chi connectivity index (χ1) is 9.16. The Morgan fingerprint density at radius 2 is 2.37 bits per heavy atom. The number of aromatic amines is 1. The molecule has 19 heavy (non-hydrogen) atoms. The fourth-order valence-corrected chi connectivity index (χ4v) is 2.63. The van der Waals surface area contributed by atoms with E-state index in [0.29, 0.717) is 12.4 Å². The van der Waals surface area contributed by atoms with Gasteiger partial charge in [0.2, 0.25) is 5.91 Å². The minimum Gasteiger partial charge on any atom is -0.316 e. The van der Waals surface area contributed by atoms with Gasteiger partial charge in [-0.25, -0.2) is 5.10 Å². The van der Waals surface area contributed by atoms with Crippen molar-refractivity contribution >= 4 is 11.7 Å². The Balaban J connectivity index is 2.11. The van der Waals surface area contributed by atoms with E-state index in [0.717, 1.165) is 32.2 Å². The van der Waals surface area contributed by atoms with E-state index in [4.69, 9.17) is 0 Å². The molecule has 2 heterocycles. The topological polar surface area (TPSA) is 86.9 Å². The highest BCUT2D eigenvalue weighted by atomic mass is 16.2. The fraction of sp³-hybridized carbons (Fsp3) is 0.615. The molecule has 0 saturated carbocycles. The molecular formula is C13H20N4O2. The largest absolute Gasteiger partial charge is 0.316 e. The Labute approximate surface area is 112 Å². The summed E-state index contributed by atoms with van der Waals surface area (Å²) in [7, 11) is 0. The van der Waals surface area contributed by atoms with E-state index in [1.165, 1.54) is 12.1 Å². The van der Waals surface area contributed by atoms with Gasteiger partial charge in [-0.2, -0.15) is 5.10 Å². The van der Waals surface area contributed by atoms with Crippen LogP contribution in [0.4, 0.5) is 5.82 Å². The second kappa shape index (κ2) is 5.97. The number of nitrogens with zero attached hydrogens (tertiary/aromatic N) is 1. The third kappa shape index (κ3) is 3.20. The van der Waals surface area contributed by atoms with Gasteiger partial charge < -0.3 is 10.6 Å². The number of H-pyrrole nitrogens is 1. The van der Waals surface area contributed by atoms with Gasteiger partial charge in [0.1, 0.15) is 0 Å². The number of piperidine rings is 1. The number of nitrogens with one attached hydrogen (secondary N) is 3. The second-order valence-electron chi connectivity index (χ2n) is 5.07. The van der Waals surface area contributed by atoms with Crippen LogP contribution in [0.5, 0.6) is 0 Å². The molecule has 104 valence electrons. The molecule has 1 fully saturated rings. The molecule has 1 atom stereocenters. The fourth-order valence-electron chi connectivity index (χ4n) is 2.63. The maximum absolute atomic E-state index is 12.5. The van der Waals surface area contributed by atoms with Crippen molar-refractivity contribution in [3.05, 3.63) is 22.5 Å². The van der Waals surface area contributed by atoms with Crippen molar-refractivity contribution < 1.29 is 4.79 Å². The number of amides is 1. The molecule has 6 nitrogen and oxygen atoms in total. The zero-order valence-electron chi connectivity index (χ0n) is 11.2. The molecular weight excluding hydrogens is 244 g/mol. The van der Waals surface area contributed by atoms with Crippen LogP contribution in [0.25, 0.3) is 0 Å². The molecule has 1 saturated heterocycles. The molecule has 0 aliphatic carbocycles. The van der Waals surface area contributed by atoms with E-state index in [-0.39, 0.29) is 16.9 Å². The van der Waals surface area contributed by atoms with Crippen LogP contribution in [0.1, 0.15) is 32.6 Å². The quantitative estimate of drug-likeness (QED) is 0.753.